The monoisotopic (exact) mass is 425 g/mol. The Morgan fingerprint density at radius 1 is 1.20 bits per heavy atom. The Kier molecular flexibility index (Phi) is 5.74. The fourth-order valence-corrected chi connectivity index (χ4v) is 4.01. The first-order chi connectivity index (χ1) is 14.4. The number of hydrogen-bond acceptors (Lipinski definition) is 6. The summed E-state index contributed by atoms with van der Waals surface area (Å²) >= 11 is 6.08. The molecule has 0 spiro atoms. The van der Waals surface area contributed by atoms with E-state index in [2.05, 4.69) is 25.9 Å². The van der Waals surface area contributed by atoms with Crippen molar-refractivity contribution >= 4 is 34.4 Å². The van der Waals surface area contributed by atoms with Gasteiger partial charge in [0.15, 0.2) is 6.29 Å². The lowest BCUT2D eigenvalue weighted by molar-refractivity contribution is -0.128. The molecule has 1 aromatic heterocycles. The number of ether oxygens (including phenoxy) is 1. The third kappa shape index (κ3) is 4.17. The van der Waals surface area contributed by atoms with Gasteiger partial charge in [-0.05, 0) is 44.0 Å². The molecule has 3 unspecified atom stereocenters. The maximum Gasteiger partial charge on any atom is 0.227 e. The van der Waals surface area contributed by atoms with Gasteiger partial charge in [-0.3, -0.25) is 10.1 Å². The molecular weight excluding hydrogens is 402 g/mol. The summed E-state index contributed by atoms with van der Waals surface area (Å²) < 4.78 is 5.43. The highest BCUT2D eigenvalue weighted by Gasteiger charge is 2.33. The molecule has 1 aliphatic rings. The predicted molar refractivity (Wildman–Crippen MR) is 118 cm³/mol. The van der Waals surface area contributed by atoms with Crippen LogP contribution in [0.15, 0.2) is 42.5 Å². The van der Waals surface area contributed by atoms with Gasteiger partial charge >= 0.3 is 0 Å². The summed E-state index contributed by atoms with van der Waals surface area (Å²) in [7, 11) is 1.62. The lowest BCUT2D eigenvalue weighted by atomic mass is 9.91. The Morgan fingerprint density at radius 2 is 2.00 bits per heavy atom. The number of carbonyl (C=O) groups is 1. The Balaban J connectivity index is 1.50. The van der Waals surface area contributed by atoms with Crippen LogP contribution < -0.4 is 20.7 Å². The van der Waals surface area contributed by atoms with Crippen molar-refractivity contribution in [3.8, 4) is 5.75 Å². The summed E-state index contributed by atoms with van der Waals surface area (Å²) in [6, 6.07) is 13.3. The standard InChI is InChI=1S/C22H24ClN5O2/c1-12-16-8-5-9-18(30-3)19(16)26-21(24-12)28-22-25-13(2)17(20(29)27-22)11-14-6-4-7-15(23)10-14/h4-10,13,17,22,25H,11H2,1-3H3,(H,27,29)(H,24,26,28). The molecule has 1 aliphatic heterocycles. The van der Waals surface area contributed by atoms with E-state index in [0.717, 1.165) is 22.2 Å². The van der Waals surface area contributed by atoms with Crippen molar-refractivity contribution in [3.05, 3.63) is 58.7 Å². The average molecular weight is 426 g/mol. The minimum atomic E-state index is -0.477. The van der Waals surface area contributed by atoms with E-state index in [-0.39, 0.29) is 17.9 Å². The summed E-state index contributed by atoms with van der Waals surface area (Å²) in [5.74, 6) is 0.856. The van der Waals surface area contributed by atoms with Crippen molar-refractivity contribution in [1.29, 1.82) is 0 Å². The van der Waals surface area contributed by atoms with Gasteiger partial charge in [0.05, 0.1) is 18.7 Å². The van der Waals surface area contributed by atoms with Crippen LogP contribution in [0.2, 0.25) is 5.02 Å². The number of para-hydroxylation sites is 1. The van der Waals surface area contributed by atoms with E-state index < -0.39 is 6.29 Å². The zero-order chi connectivity index (χ0) is 21.3. The zero-order valence-electron chi connectivity index (χ0n) is 17.1. The Morgan fingerprint density at radius 3 is 2.73 bits per heavy atom. The molecule has 3 atom stereocenters. The minimum absolute atomic E-state index is 0.0335. The molecule has 156 valence electrons. The minimum Gasteiger partial charge on any atom is -0.494 e. The summed E-state index contributed by atoms with van der Waals surface area (Å²) in [5.41, 5.74) is 2.59. The molecule has 4 rings (SSSR count). The van der Waals surface area contributed by atoms with Gasteiger partial charge in [0, 0.05) is 16.5 Å². The number of nitrogens with one attached hydrogen (secondary N) is 3. The lowest BCUT2D eigenvalue weighted by Crippen LogP contribution is -2.63. The largest absolute Gasteiger partial charge is 0.494 e. The number of nitrogens with zero attached hydrogens (tertiary/aromatic N) is 2. The average Bonchev–Trinajstić information content (AvgIpc) is 2.70. The fraction of sp³-hybridized carbons (Fsp3) is 0.318. The van der Waals surface area contributed by atoms with Crippen molar-refractivity contribution < 1.29 is 9.53 Å². The number of amides is 1. The third-order valence-corrected chi connectivity index (χ3v) is 5.61. The SMILES string of the molecule is COc1cccc2c(C)nc(NC3NC(=O)C(Cc4cccc(Cl)c4)C(C)N3)nc12. The van der Waals surface area contributed by atoms with Crippen molar-refractivity contribution in [3.63, 3.8) is 0 Å². The van der Waals surface area contributed by atoms with Crippen LogP contribution in [0.1, 0.15) is 18.2 Å². The Bertz CT molecular complexity index is 1090. The smallest absolute Gasteiger partial charge is 0.227 e. The quantitative estimate of drug-likeness (QED) is 0.581. The summed E-state index contributed by atoms with van der Waals surface area (Å²) in [4.78, 5) is 21.9. The fourth-order valence-electron chi connectivity index (χ4n) is 3.80. The molecule has 3 N–H and O–H groups in total. The van der Waals surface area contributed by atoms with E-state index in [1.54, 1.807) is 7.11 Å². The third-order valence-electron chi connectivity index (χ3n) is 5.37. The van der Waals surface area contributed by atoms with E-state index >= 15 is 0 Å². The Hall–Kier alpha value is -2.90. The van der Waals surface area contributed by atoms with Crippen LogP contribution in [0.3, 0.4) is 0 Å². The highest BCUT2D eigenvalue weighted by atomic mass is 35.5. The molecule has 8 heteroatoms. The van der Waals surface area contributed by atoms with Crippen LogP contribution in [0.25, 0.3) is 10.9 Å². The van der Waals surface area contributed by atoms with Crippen LogP contribution >= 0.6 is 11.6 Å². The van der Waals surface area contributed by atoms with Gasteiger partial charge in [0.1, 0.15) is 11.3 Å². The Labute approximate surface area is 180 Å². The van der Waals surface area contributed by atoms with E-state index in [0.29, 0.717) is 23.1 Å². The first-order valence-corrected chi connectivity index (χ1v) is 10.2. The molecule has 30 heavy (non-hydrogen) atoms. The molecule has 2 aromatic carbocycles. The van der Waals surface area contributed by atoms with E-state index in [4.69, 9.17) is 16.3 Å². The topological polar surface area (TPSA) is 88.2 Å². The molecule has 2 heterocycles. The summed E-state index contributed by atoms with van der Waals surface area (Å²) in [5, 5.41) is 11.1. The molecule has 0 radical (unpaired) electrons. The van der Waals surface area contributed by atoms with Gasteiger partial charge in [-0.15, -0.1) is 0 Å². The maximum atomic E-state index is 12.8. The number of halogens is 1. The number of methoxy groups -OCH3 is 1. The van der Waals surface area contributed by atoms with E-state index in [1.807, 2.05) is 56.3 Å². The number of hydrogen-bond donors (Lipinski definition) is 3. The number of rotatable bonds is 5. The van der Waals surface area contributed by atoms with Crippen LogP contribution in [0.4, 0.5) is 5.95 Å². The second kappa shape index (κ2) is 8.45. The first-order valence-electron chi connectivity index (χ1n) is 9.83. The van der Waals surface area contributed by atoms with Crippen LogP contribution in [-0.4, -0.2) is 35.3 Å². The van der Waals surface area contributed by atoms with Gasteiger partial charge in [0.2, 0.25) is 11.9 Å². The molecular formula is C22H24ClN5O2. The van der Waals surface area contributed by atoms with Crippen LogP contribution in [0.5, 0.6) is 5.75 Å². The van der Waals surface area contributed by atoms with E-state index in [1.165, 1.54) is 0 Å². The zero-order valence-corrected chi connectivity index (χ0v) is 17.8. The molecule has 0 saturated carbocycles. The number of benzene rings is 2. The second-order valence-corrected chi connectivity index (χ2v) is 7.91. The van der Waals surface area contributed by atoms with Gasteiger partial charge in [-0.2, -0.15) is 0 Å². The summed E-state index contributed by atoms with van der Waals surface area (Å²) in [6.45, 7) is 3.92. The van der Waals surface area contributed by atoms with Crippen LogP contribution in [0, 0.1) is 12.8 Å². The van der Waals surface area contributed by atoms with Gasteiger partial charge in [0.25, 0.3) is 0 Å². The number of anilines is 1. The maximum absolute atomic E-state index is 12.8. The molecule has 0 aliphatic carbocycles. The van der Waals surface area contributed by atoms with Crippen molar-refractivity contribution in [2.24, 2.45) is 5.92 Å². The van der Waals surface area contributed by atoms with Crippen LogP contribution in [-0.2, 0) is 11.2 Å². The molecule has 0 bridgehead atoms. The highest BCUT2D eigenvalue weighted by Crippen LogP contribution is 2.26. The number of carbonyl (C=O) groups excluding carboxylic acids is 1. The molecule has 7 nitrogen and oxygen atoms in total. The van der Waals surface area contributed by atoms with Crippen molar-refractivity contribution in [2.45, 2.75) is 32.6 Å². The second-order valence-electron chi connectivity index (χ2n) is 7.47. The van der Waals surface area contributed by atoms with Gasteiger partial charge < -0.3 is 15.4 Å². The van der Waals surface area contributed by atoms with Gasteiger partial charge in [-0.25, -0.2) is 9.97 Å². The first kappa shape index (κ1) is 20.4. The molecule has 1 fully saturated rings. The number of aromatic nitrogens is 2. The molecule has 1 saturated heterocycles. The van der Waals surface area contributed by atoms with Gasteiger partial charge in [-0.1, -0.05) is 35.9 Å². The highest BCUT2D eigenvalue weighted by molar-refractivity contribution is 6.30. The number of aryl methyl sites for hydroxylation is 1. The van der Waals surface area contributed by atoms with Crippen molar-refractivity contribution in [1.82, 2.24) is 20.6 Å². The lowest BCUT2D eigenvalue weighted by Gasteiger charge is -2.36. The molecule has 3 aromatic rings. The summed E-state index contributed by atoms with van der Waals surface area (Å²) in [6.07, 6.45) is 0.130. The number of fused-ring (bicyclic) bond motifs is 1. The van der Waals surface area contributed by atoms with Crippen molar-refractivity contribution in [2.75, 3.05) is 12.4 Å². The normalized spacial score (nSPS) is 21.3. The molecule has 1 amide bonds. The van der Waals surface area contributed by atoms with E-state index in [9.17, 15) is 4.79 Å². The predicted octanol–water partition coefficient (Wildman–Crippen LogP) is 3.26.